The first-order valence-corrected chi connectivity index (χ1v) is 12.4. The topological polar surface area (TPSA) is 104 Å². The van der Waals surface area contributed by atoms with Crippen LogP contribution in [0.4, 0.5) is 5.69 Å². The number of hydrogen-bond donors (Lipinski definition) is 1. The Balaban J connectivity index is 1.86. The minimum atomic E-state index is -0.971. The fraction of sp³-hybridized carbons (Fsp3) is 0.357. The van der Waals surface area contributed by atoms with Gasteiger partial charge in [-0.2, -0.15) is 0 Å². The number of nitrogens with one attached hydrogen (secondary N) is 1. The highest BCUT2D eigenvalue weighted by molar-refractivity contribution is 6.01. The Morgan fingerprint density at radius 3 is 2.45 bits per heavy atom. The summed E-state index contributed by atoms with van der Waals surface area (Å²) in [5.41, 5.74) is 2.06. The number of rotatable bonds is 10. The van der Waals surface area contributed by atoms with E-state index in [1.807, 2.05) is 75.0 Å². The molecule has 4 aromatic rings. The van der Waals surface area contributed by atoms with Crippen molar-refractivity contribution in [2.45, 2.75) is 45.3 Å². The number of aryl methyl sites for hydroxylation is 1. The number of methoxy groups -OCH3 is 2. The van der Waals surface area contributed by atoms with Crippen molar-refractivity contribution in [3.63, 3.8) is 0 Å². The number of benzene rings is 2. The molecule has 4 rings (SSSR count). The molecule has 0 saturated heterocycles. The van der Waals surface area contributed by atoms with Gasteiger partial charge >= 0.3 is 0 Å². The maximum atomic E-state index is 14.2. The standard InChI is InChI=1S/C28H34N6O4/c1-7-28(2,3)29-27(36)26(22-13-10-16-32(22)4)34(19-14-15-23(37-5)24(17-19)38-6)25(35)18-33-21-12-9-8-11-20(21)30-31-33/h8-17,26H,7,18H2,1-6H3,(H,29,36)/t26-/m1/s1. The van der Waals surface area contributed by atoms with Crippen molar-refractivity contribution >= 4 is 28.5 Å². The zero-order chi connectivity index (χ0) is 27.4. The van der Waals surface area contributed by atoms with Gasteiger partial charge in [-0.1, -0.05) is 24.3 Å². The van der Waals surface area contributed by atoms with Gasteiger partial charge in [-0.15, -0.1) is 5.10 Å². The summed E-state index contributed by atoms with van der Waals surface area (Å²) >= 11 is 0. The minimum Gasteiger partial charge on any atom is -0.493 e. The SMILES string of the molecule is CCC(C)(C)NC(=O)[C@@H](c1cccn1C)N(C(=O)Cn1nnc2ccccc21)c1ccc(OC)c(OC)c1. The van der Waals surface area contributed by atoms with E-state index in [4.69, 9.17) is 9.47 Å². The molecule has 0 aliphatic carbocycles. The fourth-order valence-electron chi connectivity index (χ4n) is 4.28. The highest BCUT2D eigenvalue weighted by atomic mass is 16.5. The van der Waals surface area contributed by atoms with Crippen LogP contribution in [-0.2, 0) is 23.2 Å². The van der Waals surface area contributed by atoms with Gasteiger partial charge in [0.2, 0.25) is 11.8 Å². The Bertz CT molecular complexity index is 1440. The summed E-state index contributed by atoms with van der Waals surface area (Å²) in [6.07, 6.45) is 2.57. The number of para-hydroxylation sites is 1. The van der Waals surface area contributed by atoms with Crippen molar-refractivity contribution in [3.05, 3.63) is 66.5 Å². The number of amides is 2. The van der Waals surface area contributed by atoms with Crippen LogP contribution in [0.15, 0.2) is 60.8 Å². The van der Waals surface area contributed by atoms with E-state index in [1.54, 1.807) is 30.0 Å². The Kier molecular flexibility index (Phi) is 7.70. The second kappa shape index (κ2) is 11.0. The number of hydrogen-bond acceptors (Lipinski definition) is 6. The first kappa shape index (κ1) is 26.7. The molecule has 0 spiro atoms. The van der Waals surface area contributed by atoms with Crippen molar-refractivity contribution < 1.29 is 19.1 Å². The molecule has 0 fully saturated rings. The average Bonchev–Trinajstić information content (AvgIpc) is 3.52. The van der Waals surface area contributed by atoms with Crippen LogP contribution in [0.2, 0.25) is 0 Å². The van der Waals surface area contributed by atoms with Gasteiger partial charge in [-0.25, -0.2) is 4.68 Å². The van der Waals surface area contributed by atoms with Crippen molar-refractivity contribution in [1.82, 2.24) is 24.9 Å². The van der Waals surface area contributed by atoms with Gasteiger partial charge in [0, 0.05) is 30.5 Å². The lowest BCUT2D eigenvalue weighted by Gasteiger charge is -2.35. The van der Waals surface area contributed by atoms with Crippen molar-refractivity contribution in [1.29, 1.82) is 0 Å². The van der Waals surface area contributed by atoms with Crippen LogP contribution in [0.25, 0.3) is 11.0 Å². The quantitative estimate of drug-likeness (QED) is 0.342. The molecule has 38 heavy (non-hydrogen) atoms. The molecular formula is C28H34N6O4. The Morgan fingerprint density at radius 2 is 1.79 bits per heavy atom. The number of aromatic nitrogens is 4. The molecule has 0 saturated carbocycles. The van der Waals surface area contributed by atoms with Gasteiger partial charge in [-0.3, -0.25) is 14.5 Å². The maximum Gasteiger partial charge on any atom is 0.249 e. The molecule has 0 radical (unpaired) electrons. The van der Waals surface area contributed by atoms with Gasteiger partial charge in [0.1, 0.15) is 12.1 Å². The van der Waals surface area contributed by atoms with Crippen LogP contribution < -0.4 is 19.7 Å². The molecule has 1 atom stereocenters. The van der Waals surface area contributed by atoms with Gasteiger partial charge in [0.25, 0.3) is 0 Å². The Hall–Kier alpha value is -4.34. The van der Waals surface area contributed by atoms with Crippen molar-refractivity contribution in [3.8, 4) is 11.5 Å². The zero-order valence-electron chi connectivity index (χ0n) is 22.6. The van der Waals surface area contributed by atoms with Crippen LogP contribution in [0.1, 0.15) is 38.9 Å². The lowest BCUT2D eigenvalue weighted by Crippen LogP contribution is -2.51. The summed E-state index contributed by atoms with van der Waals surface area (Å²) in [6.45, 7) is 5.79. The number of ether oxygens (including phenoxy) is 2. The van der Waals surface area contributed by atoms with E-state index in [2.05, 4.69) is 15.6 Å². The molecule has 2 heterocycles. The number of anilines is 1. The summed E-state index contributed by atoms with van der Waals surface area (Å²) in [6, 6.07) is 15.3. The lowest BCUT2D eigenvalue weighted by molar-refractivity contribution is -0.128. The maximum absolute atomic E-state index is 14.2. The summed E-state index contributed by atoms with van der Waals surface area (Å²) in [5.74, 6) is 0.306. The summed E-state index contributed by atoms with van der Waals surface area (Å²) < 4.78 is 14.3. The lowest BCUT2D eigenvalue weighted by atomic mass is 10.00. The Labute approximate surface area is 222 Å². The van der Waals surface area contributed by atoms with E-state index in [-0.39, 0.29) is 18.4 Å². The van der Waals surface area contributed by atoms with E-state index in [0.717, 1.165) is 5.52 Å². The second-order valence-corrected chi connectivity index (χ2v) is 9.71. The molecule has 10 heteroatoms. The van der Waals surface area contributed by atoms with E-state index < -0.39 is 11.6 Å². The molecule has 200 valence electrons. The molecule has 1 N–H and O–H groups in total. The van der Waals surface area contributed by atoms with E-state index in [0.29, 0.717) is 34.8 Å². The molecule has 2 aromatic heterocycles. The highest BCUT2D eigenvalue weighted by Gasteiger charge is 2.37. The predicted octanol–water partition coefficient (Wildman–Crippen LogP) is 3.87. The summed E-state index contributed by atoms with van der Waals surface area (Å²) in [4.78, 5) is 29.6. The highest BCUT2D eigenvalue weighted by Crippen LogP contribution is 2.36. The normalized spacial score (nSPS) is 12.3. The molecule has 0 aliphatic rings. The zero-order valence-corrected chi connectivity index (χ0v) is 22.6. The number of nitrogens with zero attached hydrogens (tertiary/aromatic N) is 5. The molecule has 0 bridgehead atoms. The largest absolute Gasteiger partial charge is 0.493 e. The monoisotopic (exact) mass is 518 g/mol. The van der Waals surface area contributed by atoms with Gasteiger partial charge in [0.05, 0.1) is 25.4 Å². The first-order chi connectivity index (χ1) is 18.2. The Morgan fingerprint density at radius 1 is 1.05 bits per heavy atom. The third kappa shape index (κ3) is 5.34. The average molecular weight is 519 g/mol. The van der Waals surface area contributed by atoms with E-state index in [9.17, 15) is 9.59 Å². The summed E-state index contributed by atoms with van der Waals surface area (Å²) in [7, 11) is 4.92. The van der Waals surface area contributed by atoms with Gasteiger partial charge in [0.15, 0.2) is 17.5 Å². The van der Waals surface area contributed by atoms with Crippen LogP contribution in [0.3, 0.4) is 0 Å². The number of fused-ring (bicyclic) bond motifs is 1. The van der Waals surface area contributed by atoms with Crippen LogP contribution in [-0.4, -0.2) is 51.1 Å². The fourth-order valence-corrected chi connectivity index (χ4v) is 4.28. The minimum absolute atomic E-state index is 0.125. The van der Waals surface area contributed by atoms with Crippen molar-refractivity contribution in [2.75, 3.05) is 19.1 Å². The summed E-state index contributed by atoms with van der Waals surface area (Å²) in [5, 5.41) is 11.5. The van der Waals surface area contributed by atoms with Gasteiger partial charge in [-0.05, 0) is 56.7 Å². The van der Waals surface area contributed by atoms with Gasteiger partial charge < -0.3 is 19.4 Å². The molecule has 2 aromatic carbocycles. The predicted molar refractivity (Wildman–Crippen MR) is 145 cm³/mol. The smallest absolute Gasteiger partial charge is 0.249 e. The molecule has 0 unspecified atom stereocenters. The molecule has 10 nitrogen and oxygen atoms in total. The van der Waals surface area contributed by atoms with Crippen LogP contribution >= 0.6 is 0 Å². The molecule has 2 amide bonds. The number of carbonyl (C=O) groups excluding carboxylic acids is 2. The van der Waals surface area contributed by atoms with E-state index in [1.165, 1.54) is 12.0 Å². The van der Waals surface area contributed by atoms with Crippen LogP contribution in [0, 0.1) is 0 Å². The molecule has 0 aliphatic heterocycles. The third-order valence-electron chi connectivity index (χ3n) is 6.74. The number of carbonyl (C=O) groups is 2. The van der Waals surface area contributed by atoms with Crippen LogP contribution in [0.5, 0.6) is 11.5 Å². The molecular weight excluding hydrogens is 484 g/mol. The first-order valence-electron chi connectivity index (χ1n) is 12.4. The third-order valence-corrected chi connectivity index (χ3v) is 6.74. The second-order valence-electron chi connectivity index (χ2n) is 9.71. The van der Waals surface area contributed by atoms with E-state index >= 15 is 0 Å². The van der Waals surface area contributed by atoms with Crippen molar-refractivity contribution in [2.24, 2.45) is 7.05 Å².